The minimum absolute atomic E-state index is 0.780. The van der Waals surface area contributed by atoms with Crippen molar-refractivity contribution in [3.05, 3.63) is 0 Å². The highest BCUT2D eigenvalue weighted by Gasteiger charge is 1.92. The van der Waals surface area contributed by atoms with Crippen LogP contribution in [0.2, 0.25) is 0 Å². The highest BCUT2D eigenvalue weighted by molar-refractivity contribution is 7.17. The Kier molecular flexibility index (Phi) is 6.79. The molecular weight excluding hydrogens is 129 g/mol. The lowest BCUT2D eigenvalue weighted by Gasteiger charge is -2.01. The first-order valence-electron chi connectivity index (χ1n) is 3.73. The first-order chi connectivity index (χ1) is 4.27. The van der Waals surface area contributed by atoms with Gasteiger partial charge in [0.1, 0.15) is 0 Å². The van der Waals surface area contributed by atoms with Crippen LogP contribution in [0.25, 0.3) is 0 Å². The molecule has 0 amide bonds. The van der Waals surface area contributed by atoms with E-state index in [0.29, 0.717) is 0 Å². The lowest BCUT2D eigenvalue weighted by Crippen LogP contribution is -1.98. The molecule has 0 bridgehead atoms. The summed E-state index contributed by atoms with van der Waals surface area (Å²) in [7, 11) is 2.81. The molecule has 2 heteroatoms. The second-order valence-corrected chi connectivity index (χ2v) is 3.75. The quantitative estimate of drug-likeness (QED) is 0.465. The van der Waals surface area contributed by atoms with Gasteiger partial charge in [-0.3, -0.25) is 0 Å². The van der Waals surface area contributed by atoms with E-state index < -0.39 is 0 Å². The first kappa shape index (κ1) is 9.39. The van der Waals surface area contributed by atoms with E-state index in [4.69, 9.17) is 5.73 Å². The molecule has 0 fully saturated rings. The summed E-state index contributed by atoms with van der Waals surface area (Å²) in [6.07, 6.45) is 5.15. The Labute approximate surface area is 60.6 Å². The van der Waals surface area contributed by atoms with Crippen molar-refractivity contribution in [2.45, 2.75) is 38.3 Å². The van der Waals surface area contributed by atoms with Gasteiger partial charge in [-0.05, 0) is 25.0 Å². The highest BCUT2D eigenvalue weighted by atomic mass is 31.0. The van der Waals surface area contributed by atoms with Gasteiger partial charge in [0.15, 0.2) is 0 Å². The maximum Gasteiger partial charge on any atom is -0.00773 e. The molecule has 2 unspecified atom stereocenters. The minimum Gasteiger partial charge on any atom is -0.330 e. The predicted octanol–water partition coefficient (Wildman–Crippen LogP) is 1.77. The number of hydrogen-bond acceptors (Lipinski definition) is 1. The van der Waals surface area contributed by atoms with Crippen LogP contribution in [-0.2, 0) is 0 Å². The van der Waals surface area contributed by atoms with Crippen LogP contribution in [0, 0.1) is 0 Å². The molecule has 0 saturated heterocycles. The van der Waals surface area contributed by atoms with Gasteiger partial charge in [-0.15, -0.1) is 9.24 Å². The van der Waals surface area contributed by atoms with Gasteiger partial charge >= 0.3 is 0 Å². The topological polar surface area (TPSA) is 26.0 Å². The van der Waals surface area contributed by atoms with Crippen molar-refractivity contribution in [1.29, 1.82) is 0 Å². The summed E-state index contributed by atoms with van der Waals surface area (Å²) in [5.41, 5.74) is 6.12. The molecule has 0 spiro atoms. The maximum atomic E-state index is 5.34. The summed E-state index contributed by atoms with van der Waals surface area (Å²) < 4.78 is 0. The van der Waals surface area contributed by atoms with Gasteiger partial charge in [0.2, 0.25) is 0 Å². The van der Waals surface area contributed by atoms with Gasteiger partial charge in [0.25, 0.3) is 0 Å². The third kappa shape index (κ3) is 8.39. The molecule has 2 atom stereocenters. The van der Waals surface area contributed by atoms with Crippen molar-refractivity contribution in [2.24, 2.45) is 5.73 Å². The molecule has 0 rings (SSSR count). The van der Waals surface area contributed by atoms with Crippen LogP contribution in [0.4, 0.5) is 0 Å². The monoisotopic (exact) mass is 147 g/mol. The summed E-state index contributed by atoms with van der Waals surface area (Å²) in [6, 6.07) is 0. The van der Waals surface area contributed by atoms with Crippen molar-refractivity contribution in [2.75, 3.05) is 6.54 Å². The third-order valence-electron chi connectivity index (χ3n) is 1.36. The van der Waals surface area contributed by atoms with Crippen molar-refractivity contribution >= 4 is 9.24 Å². The van der Waals surface area contributed by atoms with Crippen molar-refractivity contribution in [1.82, 2.24) is 0 Å². The fourth-order valence-electron chi connectivity index (χ4n) is 0.787. The van der Waals surface area contributed by atoms with E-state index in [1.54, 1.807) is 0 Å². The van der Waals surface area contributed by atoms with Crippen molar-refractivity contribution < 1.29 is 0 Å². The minimum atomic E-state index is 0.780. The number of rotatable bonds is 5. The fraction of sp³-hybridized carbons (Fsp3) is 1.00. The van der Waals surface area contributed by atoms with E-state index >= 15 is 0 Å². The van der Waals surface area contributed by atoms with Crippen LogP contribution >= 0.6 is 9.24 Å². The zero-order valence-electron chi connectivity index (χ0n) is 6.27. The average molecular weight is 147 g/mol. The smallest absolute Gasteiger partial charge is 0.00773 e. The zero-order chi connectivity index (χ0) is 7.11. The summed E-state index contributed by atoms with van der Waals surface area (Å²) in [5, 5.41) is 0. The Bertz CT molecular complexity index is 54.9. The fourth-order valence-corrected chi connectivity index (χ4v) is 1.02. The van der Waals surface area contributed by atoms with Crippen LogP contribution in [0.15, 0.2) is 0 Å². The lowest BCUT2D eigenvalue weighted by molar-refractivity contribution is 0.645. The van der Waals surface area contributed by atoms with Gasteiger partial charge in [0.05, 0.1) is 0 Å². The summed E-state index contributed by atoms with van der Waals surface area (Å²) in [6.45, 7) is 3.08. The molecule has 0 aliphatic heterocycles. The molecule has 0 aromatic heterocycles. The van der Waals surface area contributed by atoms with Crippen molar-refractivity contribution in [3.8, 4) is 0 Å². The largest absolute Gasteiger partial charge is 0.330 e. The van der Waals surface area contributed by atoms with Gasteiger partial charge in [-0.25, -0.2) is 0 Å². The van der Waals surface area contributed by atoms with E-state index in [0.717, 1.165) is 12.2 Å². The van der Waals surface area contributed by atoms with Crippen molar-refractivity contribution in [3.63, 3.8) is 0 Å². The van der Waals surface area contributed by atoms with Gasteiger partial charge in [-0.1, -0.05) is 19.8 Å². The molecule has 56 valence electrons. The lowest BCUT2D eigenvalue weighted by atomic mass is 10.1. The molecule has 0 saturated carbocycles. The van der Waals surface area contributed by atoms with E-state index in [1.807, 2.05) is 0 Å². The Morgan fingerprint density at radius 2 is 2.00 bits per heavy atom. The standard InChI is InChI=1S/C7H18NP/c1-7(9)5-3-2-4-6-8/h7H,2-6,8-9H2,1H3. The SMILES string of the molecule is CC(P)CCCCCN. The van der Waals surface area contributed by atoms with Gasteiger partial charge < -0.3 is 5.73 Å². The zero-order valence-corrected chi connectivity index (χ0v) is 7.42. The predicted molar refractivity (Wildman–Crippen MR) is 46.7 cm³/mol. The van der Waals surface area contributed by atoms with E-state index in [2.05, 4.69) is 16.2 Å². The molecule has 9 heavy (non-hydrogen) atoms. The van der Waals surface area contributed by atoms with E-state index in [-0.39, 0.29) is 0 Å². The second-order valence-electron chi connectivity index (χ2n) is 2.62. The number of unbranched alkanes of at least 4 members (excludes halogenated alkanes) is 2. The third-order valence-corrected chi connectivity index (χ3v) is 1.70. The Morgan fingerprint density at radius 3 is 2.44 bits per heavy atom. The molecule has 1 nitrogen and oxygen atoms in total. The summed E-state index contributed by atoms with van der Waals surface area (Å²) >= 11 is 0. The van der Waals surface area contributed by atoms with Crippen LogP contribution in [-0.4, -0.2) is 12.2 Å². The summed E-state index contributed by atoms with van der Waals surface area (Å²) in [4.78, 5) is 0. The van der Waals surface area contributed by atoms with Gasteiger partial charge in [-0.2, -0.15) is 0 Å². The van der Waals surface area contributed by atoms with Crippen LogP contribution < -0.4 is 5.73 Å². The molecule has 0 aromatic carbocycles. The highest BCUT2D eigenvalue weighted by Crippen LogP contribution is 2.09. The molecule has 0 aliphatic carbocycles. The van der Waals surface area contributed by atoms with Crippen LogP contribution in [0.1, 0.15) is 32.6 Å². The molecule has 0 heterocycles. The molecule has 0 aromatic rings. The van der Waals surface area contributed by atoms with E-state index in [9.17, 15) is 0 Å². The summed E-state index contributed by atoms with van der Waals surface area (Å²) in [5.74, 6) is 0. The van der Waals surface area contributed by atoms with Gasteiger partial charge in [0, 0.05) is 0 Å². The first-order valence-corrected chi connectivity index (χ1v) is 4.39. The molecule has 0 aliphatic rings. The number of nitrogens with two attached hydrogens (primary N) is 1. The van der Waals surface area contributed by atoms with Crippen LogP contribution in [0.5, 0.6) is 0 Å². The average Bonchev–Trinajstić information content (AvgIpc) is 1.80. The Hall–Kier alpha value is 0.390. The second kappa shape index (κ2) is 6.51. The van der Waals surface area contributed by atoms with E-state index in [1.165, 1.54) is 25.7 Å². The molecular formula is C7H18NP. The van der Waals surface area contributed by atoms with Crippen LogP contribution in [0.3, 0.4) is 0 Å². The normalized spacial score (nSPS) is 13.7. The molecule has 0 radical (unpaired) electrons. The number of hydrogen-bond donors (Lipinski definition) is 1. The maximum absolute atomic E-state index is 5.34. The molecule has 2 N–H and O–H groups in total. The Balaban J connectivity index is 2.75. The Morgan fingerprint density at radius 1 is 1.33 bits per heavy atom.